The van der Waals surface area contributed by atoms with Crippen LogP contribution < -0.4 is 4.74 Å². The van der Waals surface area contributed by atoms with Crippen molar-refractivity contribution in [3.63, 3.8) is 0 Å². The van der Waals surface area contributed by atoms with E-state index in [0.717, 1.165) is 12.1 Å². The molecule has 0 aliphatic heterocycles. The number of ether oxygens (including phenoxy) is 1. The minimum atomic E-state index is -4.36. The van der Waals surface area contributed by atoms with Crippen LogP contribution in [-0.4, -0.2) is 22.4 Å². The van der Waals surface area contributed by atoms with Gasteiger partial charge < -0.3 is 9.84 Å². The summed E-state index contributed by atoms with van der Waals surface area (Å²) in [5.74, 6) is 0.320. The highest BCUT2D eigenvalue weighted by Gasteiger charge is 2.30. The lowest BCUT2D eigenvalue weighted by Crippen LogP contribution is -2.07. The maximum Gasteiger partial charge on any atom is 0.416 e. The average Bonchev–Trinajstić information content (AvgIpc) is 2.47. The summed E-state index contributed by atoms with van der Waals surface area (Å²) >= 11 is 0. The molecular weight excluding hydrogens is 285 g/mol. The molecule has 0 saturated heterocycles. The number of alkyl halides is 3. The van der Waals surface area contributed by atoms with Gasteiger partial charge in [-0.15, -0.1) is 10.2 Å². The van der Waals surface area contributed by atoms with Crippen LogP contribution in [0.3, 0.4) is 0 Å². The van der Waals surface area contributed by atoms with Crippen LogP contribution in [0.2, 0.25) is 0 Å². The topological polar surface area (TPSA) is 55.2 Å². The summed E-state index contributed by atoms with van der Waals surface area (Å²) < 4.78 is 42.2. The van der Waals surface area contributed by atoms with Crippen molar-refractivity contribution in [1.82, 2.24) is 10.2 Å². The molecule has 1 unspecified atom stereocenters. The van der Waals surface area contributed by atoms with Crippen LogP contribution in [0.1, 0.15) is 22.9 Å². The van der Waals surface area contributed by atoms with Crippen LogP contribution in [0.15, 0.2) is 36.4 Å². The molecule has 0 amide bonds. The van der Waals surface area contributed by atoms with Gasteiger partial charge in [0.2, 0.25) is 5.88 Å². The highest BCUT2D eigenvalue weighted by atomic mass is 19.4. The molecule has 1 atom stereocenters. The molecule has 1 heterocycles. The van der Waals surface area contributed by atoms with Crippen LogP contribution in [0.4, 0.5) is 13.2 Å². The molecule has 7 heteroatoms. The van der Waals surface area contributed by atoms with Gasteiger partial charge in [-0.2, -0.15) is 13.2 Å². The van der Waals surface area contributed by atoms with Crippen molar-refractivity contribution in [3.8, 4) is 5.88 Å². The van der Waals surface area contributed by atoms with Gasteiger partial charge in [-0.3, -0.25) is 0 Å². The van der Waals surface area contributed by atoms with E-state index >= 15 is 0 Å². The van der Waals surface area contributed by atoms with Crippen molar-refractivity contribution in [1.29, 1.82) is 0 Å². The number of aliphatic hydroxyl groups excluding tert-OH is 1. The van der Waals surface area contributed by atoms with Gasteiger partial charge in [-0.05, 0) is 23.8 Å². The Morgan fingerprint density at radius 1 is 1.10 bits per heavy atom. The zero-order valence-corrected chi connectivity index (χ0v) is 11.1. The van der Waals surface area contributed by atoms with E-state index in [1.807, 2.05) is 0 Å². The minimum Gasteiger partial charge on any atom is -0.480 e. The second-order valence-corrected chi connectivity index (χ2v) is 4.42. The molecular formula is C14H13F3N2O2. The Balaban J connectivity index is 2.06. The average molecular weight is 298 g/mol. The summed E-state index contributed by atoms with van der Waals surface area (Å²) in [6, 6.07) is 7.76. The normalized spacial score (nSPS) is 13.0. The Kier molecular flexibility index (Phi) is 4.42. The van der Waals surface area contributed by atoms with E-state index < -0.39 is 17.8 Å². The Morgan fingerprint density at radius 3 is 2.24 bits per heavy atom. The van der Waals surface area contributed by atoms with Crippen molar-refractivity contribution >= 4 is 0 Å². The van der Waals surface area contributed by atoms with E-state index in [0.29, 0.717) is 17.1 Å². The SMILES string of the molecule is COc1ccc(C(O)Cc2ccc(C(F)(F)F)cc2)nn1. The number of hydrogen-bond donors (Lipinski definition) is 1. The minimum absolute atomic E-state index is 0.152. The third-order valence-electron chi connectivity index (χ3n) is 2.92. The van der Waals surface area contributed by atoms with Gasteiger partial charge in [0.1, 0.15) is 6.10 Å². The van der Waals surface area contributed by atoms with E-state index in [4.69, 9.17) is 4.74 Å². The van der Waals surface area contributed by atoms with E-state index in [2.05, 4.69) is 10.2 Å². The fourth-order valence-corrected chi connectivity index (χ4v) is 1.77. The number of nitrogens with zero attached hydrogens (tertiary/aromatic N) is 2. The molecule has 0 spiro atoms. The number of halogens is 3. The van der Waals surface area contributed by atoms with E-state index in [1.54, 1.807) is 12.1 Å². The lowest BCUT2D eigenvalue weighted by Gasteiger charge is -2.11. The van der Waals surface area contributed by atoms with Crippen LogP contribution in [0, 0.1) is 0 Å². The fraction of sp³-hybridized carbons (Fsp3) is 0.286. The predicted octanol–water partition coefficient (Wildman–Crippen LogP) is 2.78. The maximum absolute atomic E-state index is 12.4. The van der Waals surface area contributed by atoms with Gasteiger partial charge >= 0.3 is 6.18 Å². The van der Waals surface area contributed by atoms with Gasteiger partial charge in [0, 0.05) is 12.5 Å². The molecule has 0 aliphatic carbocycles. The van der Waals surface area contributed by atoms with Gasteiger partial charge in [0.25, 0.3) is 0 Å². The Bertz CT molecular complexity index is 583. The molecule has 21 heavy (non-hydrogen) atoms. The summed E-state index contributed by atoms with van der Waals surface area (Å²) in [6.07, 6.45) is -5.15. The van der Waals surface area contributed by atoms with Crippen LogP contribution >= 0.6 is 0 Å². The third kappa shape index (κ3) is 3.91. The highest BCUT2D eigenvalue weighted by Crippen LogP contribution is 2.29. The molecule has 1 N–H and O–H groups in total. The number of rotatable bonds is 4. The van der Waals surface area contributed by atoms with Crippen molar-refractivity contribution < 1.29 is 23.0 Å². The molecule has 1 aromatic heterocycles. The van der Waals surface area contributed by atoms with Crippen molar-refractivity contribution in [2.75, 3.05) is 7.11 Å². The summed E-state index contributed by atoms with van der Waals surface area (Å²) in [5, 5.41) is 17.5. The van der Waals surface area contributed by atoms with Gasteiger partial charge in [-0.25, -0.2) is 0 Å². The molecule has 2 aromatic rings. The second-order valence-electron chi connectivity index (χ2n) is 4.42. The van der Waals surface area contributed by atoms with Gasteiger partial charge in [-0.1, -0.05) is 12.1 Å². The zero-order valence-electron chi connectivity index (χ0n) is 11.1. The third-order valence-corrected chi connectivity index (χ3v) is 2.92. The van der Waals surface area contributed by atoms with Crippen LogP contribution in [0.5, 0.6) is 5.88 Å². The fourth-order valence-electron chi connectivity index (χ4n) is 1.77. The van der Waals surface area contributed by atoms with Crippen LogP contribution in [-0.2, 0) is 12.6 Å². The number of benzene rings is 1. The molecule has 0 aliphatic rings. The number of aliphatic hydroxyl groups is 1. The number of hydrogen-bond acceptors (Lipinski definition) is 4. The first kappa shape index (κ1) is 15.2. The standard InChI is InChI=1S/C14H13F3N2O2/c1-21-13-7-6-11(18-19-13)12(20)8-9-2-4-10(5-3-9)14(15,16)17/h2-7,12,20H,8H2,1H3. The quantitative estimate of drug-likeness (QED) is 0.943. The Morgan fingerprint density at radius 2 is 1.76 bits per heavy atom. The van der Waals surface area contributed by atoms with E-state index in [9.17, 15) is 18.3 Å². The Labute approximate surface area is 119 Å². The summed E-state index contributed by atoms with van der Waals surface area (Å²) in [6.45, 7) is 0. The second kappa shape index (κ2) is 6.09. The molecule has 0 saturated carbocycles. The van der Waals surface area contributed by atoms with E-state index in [1.165, 1.54) is 19.2 Å². The molecule has 2 rings (SSSR count). The molecule has 0 radical (unpaired) electrons. The lowest BCUT2D eigenvalue weighted by molar-refractivity contribution is -0.137. The monoisotopic (exact) mass is 298 g/mol. The summed E-state index contributed by atoms with van der Waals surface area (Å²) in [4.78, 5) is 0. The first-order valence-corrected chi connectivity index (χ1v) is 6.12. The number of aromatic nitrogens is 2. The van der Waals surface area contributed by atoms with Crippen molar-refractivity contribution in [2.45, 2.75) is 18.7 Å². The largest absolute Gasteiger partial charge is 0.480 e. The molecule has 4 nitrogen and oxygen atoms in total. The van der Waals surface area contributed by atoms with Gasteiger partial charge in [0.05, 0.1) is 18.4 Å². The smallest absolute Gasteiger partial charge is 0.416 e. The van der Waals surface area contributed by atoms with Gasteiger partial charge in [0.15, 0.2) is 0 Å². The number of methoxy groups -OCH3 is 1. The first-order valence-electron chi connectivity index (χ1n) is 6.12. The molecule has 0 bridgehead atoms. The lowest BCUT2D eigenvalue weighted by atomic mass is 10.0. The first-order chi connectivity index (χ1) is 9.90. The maximum atomic E-state index is 12.4. The molecule has 112 valence electrons. The zero-order chi connectivity index (χ0) is 15.5. The van der Waals surface area contributed by atoms with E-state index in [-0.39, 0.29) is 6.42 Å². The summed E-state index contributed by atoms with van der Waals surface area (Å²) in [5.41, 5.74) is 0.189. The highest BCUT2D eigenvalue weighted by molar-refractivity contribution is 5.26. The predicted molar refractivity (Wildman–Crippen MR) is 68.7 cm³/mol. The van der Waals surface area contributed by atoms with Crippen molar-refractivity contribution in [2.24, 2.45) is 0 Å². The van der Waals surface area contributed by atoms with Crippen molar-refractivity contribution in [3.05, 3.63) is 53.2 Å². The van der Waals surface area contributed by atoms with Crippen LogP contribution in [0.25, 0.3) is 0 Å². The molecule has 1 aromatic carbocycles. The Hall–Kier alpha value is -2.15. The molecule has 0 fully saturated rings. The summed E-state index contributed by atoms with van der Waals surface area (Å²) in [7, 11) is 1.45.